The van der Waals surface area contributed by atoms with Crippen LogP contribution in [0, 0.1) is 23.7 Å². The van der Waals surface area contributed by atoms with Crippen LogP contribution in [-0.2, 0) is 19.7 Å². The number of hydrogen-bond donors (Lipinski definition) is 2. The smallest absolute Gasteiger partial charge is 0.282 e. The number of β-amino-alcohol motifs (C(OH)–C–C–N with tert-alkyl or cyclic N) is 1. The molecule has 2 aliphatic carbocycles. The van der Waals surface area contributed by atoms with E-state index >= 15 is 4.79 Å². The molecule has 2 saturated carbocycles. The van der Waals surface area contributed by atoms with Crippen LogP contribution in [0.1, 0.15) is 162 Å². The SMILES string of the molecule is Cc1ncsc1-c1ccc([C@H](CN2CCC3(COC3)C2)NC(=O)[C@@H]2C[C@@H](O)CN2C(=O)[C@@H](n2cc(C3CCC(CN4CCC(c5ccc6c(c5)-n5c(nc(=O)c7c(Cl)cccc75)C65CCCCC5)CC4)CC3)nn2)C(C)(C)C)cc1. The van der Waals surface area contributed by atoms with Gasteiger partial charge in [-0.3, -0.25) is 19.0 Å². The molecule has 3 aromatic carbocycles. The number of hydrogen-bond acceptors (Lipinski definition) is 12. The van der Waals surface area contributed by atoms with E-state index in [1.54, 1.807) is 27.0 Å². The molecule has 15 nitrogen and oxygen atoms in total. The Morgan fingerprint density at radius 2 is 1.70 bits per heavy atom. The van der Waals surface area contributed by atoms with Crippen molar-refractivity contribution in [3.63, 3.8) is 0 Å². The van der Waals surface area contributed by atoms with E-state index in [4.69, 9.17) is 26.4 Å². The van der Waals surface area contributed by atoms with E-state index in [0.29, 0.717) is 28.8 Å². The number of rotatable bonds is 12. The first kappa shape index (κ1) is 53.9. The van der Waals surface area contributed by atoms with Gasteiger partial charge in [0.1, 0.15) is 17.9 Å². The molecule has 6 aromatic rings. The number of aromatic nitrogens is 6. The second-order valence-electron chi connectivity index (χ2n) is 26.1. The molecule has 7 aliphatic rings. The van der Waals surface area contributed by atoms with Crippen molar-refractivity contribution in [1.82, 2.24) is 49.5 Å². The highest BCUT2D eigenvalue weighted by molar-refractivity contribution is 7.13. The number of aryl methyl sites for hydroxylation is 1. The topological polar surface area (TPSA) is 164 Å². The minimum atomic E-state index is -0.836. The molecule has 3 aromatic heterocycles. The van der Waals surface area contributed by atoms with Crippen LogP contribution >= 0.6 is 22.9 Å². The molecule has 17 heteroatoms. The quantitative estimate of drug-likeness (QED) is 0.120. The molecule has 0 unspecified atom stereocenters. The van der Waals surface area contributed by atoms with E-state index in [-0.39, 0.29) is 53.1 Å². The predicted molar refractivity (Wildman–Crippen MR) is 311 cm³/mol. The van der Waals surface area contributed by atoms with Crippen LogP contribution in [0.2, 0.25) is 5.02 Å². The minimum Gasteiger partial charge on any atom is -0.391 e. The third-order valence-corrected chi connectivity index (χ3v) is 21.0. The fourth-order valence-electron chi connectivity index (χ4n) is 15.4. The average Bonchev–Trinajstić information content (AvgIpc) is 4.49. The lowest BCUT2D eigenvalue weighted by Gasteiger charge is -2.38. The van der Waals surface area contributed by atoms with Gasteiger partial charge in [-0.1, -0.05) is 99.3 Å². The molecule has 0 bridgehead atoms. The first-order valence-electron chi connectivity index (χ1n) is 29.7. The number of piperidine rings is 1. The Bertz CT molecular complexity index is 3340. The van der Waals surface area contributed by atoms with Gasteiger partial charge in [0.2, 0.25) is 11.8 Å². The number of thiazole rings is 1. The molecule has 2 spiro atoms. The molecule has 13 rings (SSSR count). The molecule has 8 heterocycles. The van der Waals surface area contributed by atoms with Crippen molar-refractivity contribution in [2.45, 2.75) is 153 Å². The fraction of sp³-hybridized carbons (Fsp3) is 0.571. The summed E-state index contributed by atoms with van der Waals surface area (Å²) in [5, 5.41) is 24.9. The number of aliphatic hydroxyl groups is 1. The highest BCUT2D eigenvalue weighted by Crippen LogP contribution is 2.52. The standard InChI is InChI=1S/C63H77ClN10O5S/c1-39-55(80-38-65-39)44-17-15-42(16-18-44)49(33-71-28-25-62(35-71)36-79-37-62)66-57(76)53-30-46(75)32-72(53)59(78)56(61(2,3)4)73-34-50(68-69-73)43-13-11-40(12-14-43)31-70-26-21-41(22-27-70)45-19-20-47-52(29-45)74-51-10-8-9-48(64)54(51)58(77)67-60(74)63(47)23-6-5-7-24-63/h8-10,15-20,29,34,38,40-41,43,46,49,53,56,75H,5-7,11-14,21-28,30-33,35-37H2,1-4H3,(H,66,76)/t40?,43?,46-,49+,53+,56-/m1/s1. The second kappa shape index (κ2) is 21.4. The summed E-state index contributed by atoms with van der Waals surface area (Å²) in [7, 11) is 0. The molecular weight excluding hydrogens is 1040 g/mol. The Morgan fingerprint density at radius 3 is 2.40 bits per heavy atom. The summed E-state index contributed by atoms with van der Waals surface area (Å²) >= 11 is 8.29. The Balaban J connectivity index is 0.643. The molecule has 4 saturated heterocycles. The number of likely N-dealkylation sites (tertiary alicyclic amines) is 3. The summed E-state index contributed by atoms with van der Waals surface area (Å²) in [6, 6.07) is 19.5. The summed E-state index contributed by atoms with van der Waals surface area (Å²) in [5.74, 6) is 1.75. The number of amides is 2. The van der Waals surface area contributed by atoms with E-state index in [1.807, 2.05) is 51.5 Å². The zero-order chi connectivity index (χ0) is 55.1. The van der Waals surface area contributed by atoms with Crippen LogP contribution < -0.4 is 10.9 Å². The monoisotopic (exact) mass is 1120 g/mol. The number of halogens is 1. The summed E-state index contributed by atoms with van der Waals surface area (Å²) < 4.78 is 9.64. The minimum absolute atomic E-state index is 0.0777. The van der Waals surface area contributed by atoms with Gasteiger partial charge in [0, 0.05) is 50.1 Å². The summed E-state index contributed by atoms with van der Waals surface area (Å²) in [6.45, 7) is 15.5. The van der Waals surface area contributed by atoms with Crippen molar-refractivity contribution in [2.24, 2.45) is 16.7 Å². The number of benzene rings is 3. The normalized spacial score (nSPS) is 24.8. The van der Waals surface area contributed by atoms with Gasteiger partial charge in [-0.05, 0) is 142 Å². The van der Waals surface area contributed by atoms with Gasteiger partial charge in [-0.15, -0.1) is 16.4 Å². The lowest BCUT2D eigenvalue weighted by molar-refractivity contribution is -0.144. The van der Waals surface area contributed by atoms with Crippen LogP contribution in [0.4, 0.5) is 0 Å². The molecule has 2 N–H and O–H groups in total. The summed E-state index contributed by atoms with van der Waals surface area (Å²) in [6.07, 6.45) is 14.4. The van der Waals surface area contributed by atoms with Gasteiger partial charge < -0.3 is 29.9 Å². The van der Waals surface area contributed by atoms with Crippen molar-refractivity contribution >= 4 is 45.7 Å². The van der Waals surface area contributed by atoms with Gasteiger partial charge in [0.15, 0.2) is 0 Å². The maximum Gasteiger partial charge on any atom is 0.282 e. The molecule has 422 valence electrons. The zero-order valence-corrected chi connectivity index (χ0v) is 48.5. The van der Waals surface area contributed by atoms with Gasteiger partial charge in [-0.25, -0.2) is 9.67 Å². The highest BCUT2D eigenvalue weighted by Gasteiger charge is 2.49. The molecule has 2 amide bonds. The van der Waals surface area contributed by atoms with Crippen LogP contribution in [0.15, 0.2) is 77.2 Å². The Kier molecular flexibility index (Phi) is 14.4. The van der Waals surface area contributed by atoms with E-state index in [2.05, 4.69) is 72.3 Å². The highest BCUT2D eigenvalue weighted by atomic mass is 35.5. The van der Waals surface area contributed by atoms with Crippen LogP contribution in [0.3, 0.4) is 0 Å². The molecule has 4 atom stereocenters. The predicted octanol–water partition coefficient (Wildman–Crippen LogP) is 9.91. The van der Waals surface area contributed by atoms with Gasteiger partial charge in [0.25, 0.3) is 5.56 Å². The Morgan fingerprint density at radius 1 is 0.925 bits per heavy atom. The summed E-state index contributed by atoms with van der Waals surface area (Å²) in [4.78, 5) is 60.3. The molecule has 0 radical (unpaired) electrons. The van der Waals surface area contributed by atoms with Gasteiger partial charge in [-0.2, -0.15) is 4.98 Å². The first-order chi connectivity index (χ1) is 38.6. The van der Waals surface area contributed by atoms with Crippen LogP contribution in [0.25, 0.3) is 27.0 Å². The molecule has 5 aliphatic heterocycles. The van der Waals surface area contributed by atoms with E-state index < -0.39 is 23.6 Å². The lowest BCUT2D eigenvalue weighted by Crippen LogP contribution is -2.52. The number of aliphatic hydroxyl groups excluding tert-OH is 1. The van der Waals surface area contributed by atoms with Crippen LogP contribution in [-0.4, -0.2) is 132 Å². The number of nitrogens with one attached hydrogen (secondary N) is 1. The van der Waals surface area contributed by atoms with Crippen molar-refractivity contribution in [2.75, 3.05) is 59.0 Å². The van der Waals surface area contributed by atoms with Crippen molar-refractivity contribution in [3.8, 4) is 16.1 Å². The third-order valence-electron chi connectivity index (χ3n) is 19.7. The molecular formula is C63H77ClN10O5S. The van der Waals surface area contributed by atoms with E-state index in [0.717, 1.165) is 155 Å². The van der Waals surface area contributed by atoms with Gasteiger partial charge >= 0.3 is 0 Å². The van der Waals surface area contributed by atoms with Gasteiger partial charge in [0.05, 0.1) is 74.2 Å². The molecule has 6 fully saturated rings. The van der Waals surface area contributed by atoms with E-state index in [1.165, 1.54) is 23.2 Å². The van der Waals surface area contributed by atoms with Crippen molar-refractivity contribution < 1.29 is 19.4 Å². The Hall–Kier alpha value is -5.36. The second-order valence-corrected chi connectivity index (χ2v) is 27.4. The maximum absolute atomic E-state index is 15.0. The van der Waals surface area contributed by atoms with Crippen molar-refractivity contribution in [3.05, 3.63) is 122 Å². The average molecular weight is 1120 g/mol. The van der Waals surface area contributed by atoms with E-state index in [9.17, 15) is 14.7 Å². The Labute approximate surface area is 478 Å². The number of carbonyl (C=O) groups excluding carboxylic acids is 2. The van der Waals surface area contributed by atoms with Crippen molar-refractivity contribution in [1.29, 1.82) is 0 Å². The lowest BCUT2D eigenvalue weighted by atomic mass is 9.69. The number of ether oxygens (including phenoxy) is 1. The maximum atomic E-state index is 15.0. The summed E-state index contributed by atoms with van der Waals surface area (Å²) in [5.41, 5.74) is 9.77. The largest absolute Gasteiger partial charge is 0.391 e. The zero-order valence-electron chi connectivity index (χ0n) is 46.9. The number of fused-ring (bicyclic) bond motifs is 7. The fourth-order valence-corrected chi connectivity index (χ4v) is 16.4. The third kappa shape index (κ3) is 9.94. The molecule has 80 heavy (non-hydrogen) atoms. The van der Waals surface area contributed by atoms with Crippen LogP contribution in [0.5, 0.6) is 0 Å². The first-order valence-corrected chi connectivity index (χ1v) is 31.0. The number of nitrogens with zero attached hydrogens (tertiary/aromatic N) is 9. The number of carbonyl (C=O) groups is 2.